The van der Waals surface area contributed by atoms with Crippen LogP contribution in [0.4, 0.5) is 15.8 Å². The number of amides is 1. The van der Waals surface area contributed by atoms with Crippen LogP contribution in [0.25, 0.3) is 0 Å². The summed E-state index contributed by atoms with van der Waals surface area (Å²) in [5.74, 6) is -1.39. The highest BCUT2D eigenvalue weighted by Crippen LogP contribution is 2.25. The summed E-state index contributed by atoms with van der Waals surface area (Å²) in [6.45, 7) is 2.23. The van der Waals surface area contributed by atoms with E-state index >= 15 is 0 Å². The Kier molecular flexibility index (Phi) is 6.91. The highest BCUT2D eigenvalue weighted by Gasteiger charge is 2.26. The Morgan fingerprint density at radius 3 is 2.59 bits per heavy atom. The molecule has 10 heteroatoms. The van der Waals surface area contributed by atoms with Crippen LogP contribution in [0.1, 0.15) is 16.7 Å². The monoisotopic (exact) mass is 500 g/mol. The number of aliphatic imine (C=N–C) groups is 2. The van der Waals surface area contributed by atoms with Gasteiger partial charge in [-0.3, -0.25) is 10.2 Å². The van der Waals surface area contributed by atoms with E-state index in [-0.39, 0.29) is 5.56 Å². The third-order valence-corrected chi connectivity index (χ3v) is 5.99. The van der Waals surface area contributed by atoms with E-state index in [9.17, 15) is 9.18 Å². The van der Waals surface area contributed by atoms with Gasteiger partial charge in [-0.25, -0.2) is 9.38 Å². The number of hydrogen-bond donors (Lipinski definition) is 3. The third kappa shape index (κ3) is 5.34. The first kappa shape index (κ1) is 24.1. The number of para-hydroxylation sites is 1. The third-order valence-electron chi connectivity index (χ3n) is 5.99. The zero-order valence-electron chi connectivity index (χ0n) is 19.9. The molecule has 37 heavy (non-hydrogen) atoms. The first-order valence-corrected chi connectivity index (χ1v) is 11.8. The van der Waals surface area contributed by atoms with Gasteiger partial charge in [0.1, 0.15) is 5.82 Å². The van der Waals surface area contributed by atoms with Crippen molar-refractivity contribution in [1.29, 1.82) is 5.41 Å². The summed E-state index contributed by atoms with van der Waals surface area (Å²) in [4.78, 5) is 23.5. The molecule has 3 aromatic carbocycles. The molecule has 3 aromatic rings. The predicted octanol–water partition coefficient (Wildman–Crippen LogP) is 3.13. The number of benzene rings is 3. The summed E-state index contributed by atoms with van der Waals surface area (Å²) >= 11 is 0. The molecule has 1 unspecified atom stereocenters. The van der Waals surface area contributed by atoms with Crippen LogP contribution in [-0.4, -0.2) is 56.0 Å². The van der Waals surface area contributed by atoms with E-state index in [4.69, 9.17) is 20.6 Å². The van der Waals surface area contributed by atoms with Gasteiger partial charge in [0, 0.05) is 29.8 Å². The minimum Gasteiger partial charge on any atom is -0.407 e. The first-order chi connectivity index (χ1) is 18.0. The largest absolute Gasteiger partial charge is 0.407 e. The number of benzodiazepines with no additional fused rings is 1. The second-order valence-electron chi connectivity index (χ2n) is 8.42. The summed E-state index contributed by atoms with van der Waals surface area (Å²) < 4.78 is 25.4. The van der Waals surface area contributed by atoms with Gasteiger partial charge in [0.25, 0.3) is 11.9 Å². The molecule has 0 spiro atoms. The number of anilines is 2. The maximum absolute atomic E-state index is 14.8. The maximum atomic E-state index is 14.8. The maximum Gasteiger partial charge on any atom is 0.291 e. The van der Waals surface area contributed by atoms with Crippen molar-refractivity contribution in [3.05, 3.63) is 95.3 Å². The molecule has 1 saturated heterocycles. The van der Waals surface area contributed by atoms with Crippen LogP contribution in [-0.2, 0) is 14.3 Å². The van der Waals surface area contributed by atoms with Crippen molar-refractivity contribution in [1.82, 2.24) is 0 Å². The Hall–Kier alpha value is -4.57. The van der Waals surface area contributed by atoms with Gasteiger partial charge in [-0.2, -0.15) is 4.99 Å². The lowest BCUT2D eigenvalue weighted by atomic mass is 10.0. The lowest BCUT2D eigenvalue weighted by molar-refractivity contribution is -0.117. The average molecular weight is 501 g/mol. The van der Waals surface area contributed by atoms with Crippen LogP contribution < -0.4 is 16.0 Å². The molecule has 5 rings (SSSR count). The molecular weight excluding hydrogens is 475 g/mol. The predicted molar refractivity (Wildman–Crippen MR) is 140 cm³/mol. The van der Waals surface area contributed by atoms with Crippen LogP contribution in [0.2, 0.25) is 0 Å². The topological polar surface area (TPSA) is 125 Å². The highest BCUT2D eigenvalue weighted by atomic mass is 19.1. The van der Waals surface area contributed by atoms with Gasteiger partial charge in [0.05, 0.1) is 30.3 Å². The number of rotatable bonds is 4. The smallest absolute Gasteiger partial charge is 0.291 e. The van der Waals surface area contributed by atoms with Gasteiger partial charge in [-0.1, -0.05) is 48.5 Å². The van der Waals surface area contributed by atoms with E-state index in [1.807, 2.05) is 53.4 Å². The molecule has 0 bridgehead atoms. The quantitative estimate of drug-likeness (QED) is 0.375. The molecule has 1 amide bonds. The van der Waals surface area contributed by atoms with Crippen molar-refractivity contribution < 1.29 is 18.7 Å². The van der Waals surface area contributed by atoms with Crippen molar-refractivity contribution in [3.8, 4) is 0 Å². The molecule has 9 nitrogen and oxygen atoms in total. The average Bonchev–Trinajstić information content (AvgIpc) is 3.05. The van der Waals surface area contributed by atoms with Crippen molar-refractivity contribution >= 4 is 34.9 Å². The molecule has 188 valence electrons. The second-order valence-corrected chi connectivity index (χ2v) is 8.42. The van der Waals surface area contributed by atoms with Crippen LogP contribution >= 0.6 is 0 Å². The molecule has 2 aliphatic heterocycles. The molecular formula is C27H25FN6O3. The van der Waals surface area contributed by atoms with E-state index in [1.165, 1.54) is 6.07 Å². The van der Waals surface area contributed by atoms with Crippen LogP contribution in [0.15, 0.2) is 82.8 Å². The first-order valence-electron chi connectivity index (χ1n) is 11.8. The summed E-state index contributed by atoms with van der Waals surface area (Å²) in [6.07, 6.45) is -1.25. The fourth-order valence-corrected chi connectivity index (χ4v) is 4.18. The number of fused-ring (bicyclic) bond motifs is 1. The Balaban J connectivity index is 1.38. The van der Waals surface area contributed by atoms with E-state index in [2.05, 4.69) is 15.3 Å². The number of hydrogen-bond acceptors (Lipinski definition) is 7. The summed E-state index contributed by atoms with van der Waals surface area (Å²) in [7, 11) is 0. The molecule has 1 fully saturated rings. The highest BCUT2D eigenvalue weighted by molar-refractivity contribution is 6.19. The number of morpholine rings is 1. The van der Waals surface area contributed by atoms with Gasteiger partial charge >= 0.3 is 0 Å². The molecule has 0 saturated carbocycles. The SMILES string of the molecule is N=C(O/C(N)=N/C1N=C(c2ccccc2)c2ccccc2NC1=O)c1ccc(N2CCOCC2)c(F)c1. The van der Waals surface area contributed by atoms with E-state index in [1.54, 1.807) is 18.2 Å². The lowest BCUT2D eigenvalue weighted by Crippen LogP contribution is -2.36. The number of nitrogens with zero attached hydrogens (tertiary/aromatic N) is 3. The van der Waals surface area contributed by atoms with Gasteiger partial charge < -0.3 is 25.4 Å². The van der Waals surface area contributed by atoms with Gasteiger partial charge in [0.2, 0.25) is 12.1 Å². The number of carbonyl (C=O) groups excluding carboxylic acids is 1. The normalized spacial score (nSPS) is 17.8. The zero-order chi connectivity index (χ0) is 25.8. The number of carbonyl (C=O) groups is 1. The van der Waals surface area contributed by atoms with Crippen molar-refractivity contribution in [2.45, 2.75) is 6.17 Å². The van der Waals surface area contributed by atoms with Gasteiger partial charge in [0.15, 0.2) is 0 Å². The van der Waals surface area contributed by atoms with Crippen LogP contribution in [0.3, 0.4) is 0 Å². The summed E-state index contributed by atoms with van der Waals surface area (Å²) in [6, 6.07) is 20.7. The Labute approximate surface area is 212 Å². The van der Waals surface area contributed by atoms with Gasteiger partial charge in [-0.05, 0) is 24.3 Å². The second kappa shape index (κ2) is 10.6. The lowest BCUT2D eigenvalue weighted by Gasteiger charge is -2.29. The summed E-state index contributed by atoms with van der Waals surface area (Å²) in [5.41, 5.74) is 9.26. The van der Waals surface area contributed by atoms with E-state index in [0.717, 1.165) is 11.1 Å². The molecule has 1 atom stereocenters. The standard InChI is InChI=1S/C27H25FN6O3/c28-20-16-18(10-11-22(20)34-12-14-36-15-13-34)24(29)37-27(30)33-25-26(35)31-21-9-5-4-8-19(21)23(32-25)17-6-2-1-3-7-17/h1-11,16,25,29H,12-15H2,(H2,30,33)(H,31,35). The molecule has 0 radical (unpaired) electrons. The Bertz CT molecular complexity index is 1390. The van der Waals surface area contributed by atoms with Crippen molar-refractivity contribution in [3.63, 3.8) is 0 Å². The molecule has 0 aromatic heterocycles. The van der Waals surface area contributed by atoms with Crippen LogP contribution in [0.5, 0.6) is 0 Å². The fourth-order valence-electron chi connectivity index (χ4n) is 4.18. The van der Waals surface area contributed by atoms with Crippen LogP contribution in [0, 0.1) is 11.2 Å². The Morgan fingerprint density at radius 2 is 1.84 bits per heavy atom. The minimum absolute atomic E-state index is 0.179. The number of ether oxygens (including phenoxy) is 2. The number of amidine groups is 1. The molecule has 4 N–H and O–H groups in total. The Morgan fingerprint density at radius 1 is 1.11 bits per heavy atom. The number of halogens is 1. The summed E-state index contributed by atoms with van der Waals surface area (Å²) in [5, 5.41) is 11.1. The fraction of sp³-hybridized carbons (Fsp3) is 0.185. The number of nitrogens with two attached hydrogens (primary N) is 1. The molecule has 0 aliphatic carbocycles. The zero-order valence-corrected chi connectivity index (χ0v) is 19.9. The number of nitrogens with one attached hydrogen (secondary N) is 2. The van der Waals surface area contributed by atoms with Crippen molar-refractivity contribution in [2.75, 3.05) is 36.5 Å². The van der Waals surface area contributed by atoms with E-state index < -0.39 is 29.8 Å². The van der Waals surface area contributed by atoms with Gasteiger partial charge in [-0.15, -0.1) is 0 Å². The minimum atomic E-state index is -1.25. The van der Waals surface area contributed by atoms with Crippen molar-refractivity contribution in [2.24, 2.45) is 15.7 Å². The molecule has 2 aliphatic rings. The van der Waals surface area contributed by atoms with E-state index in [0.29, 0.717) is 43.4 Å². The molecule has 2 heterocycles.